The van der Waals surface area contributed by atoms with Gasteiger partial charge >= 0.3 is 0 Å². The SMILES string of the molecule is Cc1nc2ccccc2n1CCCC(C)O. The quantitative estimate of drug-likeness (QED) is 0.856. The molecule has 16 heavy (non-hydrogen) atoms. The summed E-state index contributed by atoms with van der Waals surface area (Å²) >= 11 is 0. The van der Waals surface area contributed by atoms with E-state index in [1.165, 1.54) is 5.52 Å². The van der Waals surface area contributed by atoms with Gasteiger partial charge in [0.25, 0.3) is 0 Å². The fourth-order valence-corrected chi connectivity index (χ4v) is 2.02. The molecule has 0 radical (unpaired) electrons. The molecule has 3 nitrogen and oxygen atoms in total. The van der Waals surface area contributed by atoms with Crippen molar-refractivity contribution in [3.63, 3.8) is 0 Å². The molecule has 0 aliphatic rings. The molecule has 3 heteroatoms. The van der Waals surface area contributed by atoms with E-state index >= 15 is 0 Å². The first kappa shape index (κ1) is 11.1. The van der Waals surface area contributed by atoms with Crippen LogP contribution in [0.2, 0.25) is 0 Å². The molecule has 0 amide bonds. The van der Waals surface area contributed by atoms with E-state index in [-0.39, 0.29) is 6.10 Å². The van der Waals surface area contributed by atoms with Crippen molar-refractivity contribution in [3.05, 3.63) is 30.1 Å². The fraction of sp³-hybridized carbons (Fsp3) is 0.462. The number of nitrogens with zero attached hydrogens (tertiary/aromatic N) is 2. The molecule has 1 aromatic heterocycles. The molecule has 1 aromatic carbocycles. The van der Waals surface area contributed by atoms with Gasteiger partial charge in [0.2, 0.25) is 0 Å². The Hall–Kier alpha value is -1.35. The minimum absolute atomic E-state index is 0.213. The fourth-order valence-electron chi connectivity index (χ4n) is 2.02. The number of benzene rings is 1. The molecular weight excluding hydrogens is 200 g/mol. The lowest BCUT2D eigenvalue weighted by molar-refractivity contribution is 0.179. The number of aliphatic hydroxyl groups is 1. The highest BCUT2D eigenvalue weighted by atomic mass is 16.3. The van der Waals surface area contributed by atoms with Crippen LogP contribution in [-0.4, -0.2) is 20.8 Å². The van der Waals surface area contributed by atoms with Crippen LogP contribution >= 0.6 is 0 Å². The van der Waals surface area contributed by atoms with Gasteiger partial charge in [-0.25, -0.2) is 4.98 Å². The monoisotopic (exact) mass is 218 g/mol. The molecule has 0 aliphatic heterocycles. The number of aliphatic hydroxyl groups excluding tert-OH is 1. The Labute approximate surface area is 95.7 Å². The zero-order valence-electron chi connectivity index (χ0n) is 9.85. The lowest BCUT2D eigenvalue weighted by Crippen LogP contribution is -2.05. The average Bonchev–Trinajstić information content (AvgIpc) is 2.55. The van der Waals surface area contributed by atoms with Crippen molar-refractivity contribution in [1.29, 1.82) is 0 Å². The van der Waals surface area contributed by atoms with E-state index in [9.17, 15) is 5.11 Å². The molecule has 1 atom stereocenters. The number of imidazole rings is 1. The second kappa shape index (κ2) is 4.66. The molecule has 2 aromatic rings. The van der Waals surface area contributed by atoms with Gasteiger partial charge < -0.3 is 9.67 Å². The summed E-state index contributed by atoms with van der Waals surface area (Å²) in [6.07, 6.45) is 1.61. The molecule has 0 bridgehead atoms. The summed E-state index contributed by atoms with van der Waals surface area (Å²) in [5, 5.41) is 9.24. The predicted octanol–water partition coefficient (Wildman–Crippen LogP) is 2.51. The summed E-state index contributed by atoms with van der Waals surface area (Å²) in [7, 11) is 0. The third kappa shape index (κ3) is 2.25. The van der Waals surface area contributed by atoms with Gasteiger partial charge in [0, 0.05) is 6.54 Å². The van der Waals surface area contributed by atoms with E-state index in [2.05, 4.69) is 15.6 Å². The number of hydrogen-bond acceptors (Lipinski definition) is 2. The van der Waals surface area contributed by atoms with Gasteiger partial charge in [-0.05, 0) is 38.8 Å². The Kier molecular flexibility index (Phi) is 3.25. The molecule has 0 fully saturated rings. The van der Waals surface area contributed by atoms with E-state index in [0.29, 0.717) is 0 Å². The van der Waals surface area contributed by atoms with Crippen molar-refractivity contribution in [2.45, 2.75) is 39.3 Å². The highest BCUT2D eigenvalue weighted by molar-refractivity contribution is 5.75. The molecule has 0 aliphatic carbocycles. The number of hydrogen-bond donors (Lipinski definition) is 1. The lowest BCUT2D eigenvalue weighted by Gasteiger charge is -2.07. The molecular formula is C13H18N2O. The van der Waals surface area contributed by atoms with E-state index in [1.807, 2.05) is 32.0 Å². The van der Waals surface area contributed by atoms with Gasteiger partial charge in [0.05, 0.1) is 17.1 Å². The Bertz CT molecular complexity index is 474. The Balaban J connectivity index is 2.19. The van der Waals surface area contributed by atoms with Crippen molar-refractivity contribution in [1.82, 2.24) is 9.55 Å². The van der Waals surface area contributed by atoms with Crippen LogP contribution < -0.4 is 0 Å². The largest absolute Gasteiger partial charge is 0.393 e. The van der Waals surface area contributed by atoms with Crippen molar-refractivity contribution >= 4 is 11.0 Å². The highest BCUT2D eigenvalue weighted by Gasteiger charge is 2.06. The van der Waals surface area contributed by atoms with Gasteiger partial charge in [-0.1, -0.05) is 12.1 Å². The van der Waals surface area contributed by atoms with Gasteiger partial charge in [0.15, 0.2) is 0 Å². The minimum Gasteiger partial charge on any atom is -0.393 e. The lowest BCUT2D eigenvalue weighted by atomic mass is 10.2. The zero-order chi connectivity index (χ0) is 11.5. The zero-order valence-corrected chi connectivity index (χ0v) is 9.85. The van der Waals surface area contributed by atoms with Crippen LogP contribution in [0.5, 0.6) is 0 Å². The summed E-state index contributed by atoms with van der Waals surface area (Å²) in [4.78, 5) is 4.51. The standard InChI is InChI=1S/C13H18N2O/c1-10(16)6-5-9-15-11(2)14-12-7-3-4-8-13(12)15/h3-4,7-8,10,16H,5-6,9H2,1-2H3. The number of para-hydroxylation sites is 2. The number of aromatic nitrogens is 2. The predicted molar refractivity (Wildman–Crippen MR) is 65.4 cm³/mol. The maximum absolute atomic E-state index is 9.24. The molecule has 1 heterocycles. The first-order valence-corrected chi connectivity index (χ1v) is 5.78. The van der Waals surface area contributed by atoms with E-state index in [1.54, 1.807) is 0 Å². The maximum Gasteiger partial charge on any atom is 0.106 e. The topological polar surface area (TPSA) is 38.0 Å². The molecule has 0 spiro atoms. The maximum atomic E-state index is 9.24. The third-order valence-electron chi connectivity index (χ3n) is 2.85. The number of fused-ring (bicyclic) bond motifs is 1. The Morgan fingerprint density at radius 3 is 2.88 bits per heavy atom. The minimum atomic E-state index is -0.213. The summed E-state index contributed by atoms with van der Waals surface area (Å²) in [6.45, 7) is 4.79. The van der Waals surface area contributed by atoms with Crippen LogP contribution in [-0.2, 0) is 6.54 Å². The summed E-state index contributed by atoms with van der Waals surface area (Å²) in [5.74, 6) is 1.05. The molecule has 2 rings (SSSR count). The van der Waals surface area contributed by atoms with Gasteiger partial charge in [-0.15, -0.1) is 0 Å². The van der Waals surface area contributed by atoms with Crippen LogP contribution in [0.25, 0.3) is 11.0 Å². The van der Waals surface area contributed by atoms with E-state index in [4.69, 9.17) is 0 Å². The molecule has 86 valence electrons. The van der Waals surface area contributed by atoms with Crippen LogP contribution in [0, 0.1) is 6.92 Å². The Morgan fingerprint density at radius 2 is 2.12 bits per heavy atom. The van der Waals surface area contributed by atoms with Crippen LogP contribution in [0.3, 0.4) is 0 Å². The van der Waals surface area contributed by atoms with Crippen LogP contribution in [0.4, 0.5) is 0 Å². The summed E-state index contributed by atoms with van der Waals surface area (Å²) in [6, 6.07) is 8.18. The van der Waals surface area contributed by atoms with Gasteiger partial charge in [0.1, 0.15) is 5.82 Å². The Morgan fingerprint density at radius 1 is 1.38 bits per heavy atom. The smallest absolute Gasteiger partial charge is 0.106 e. The van der Waals surface area contributed by atoms with Crippen molar-refractivity contribution in [2.24, 2.45) is 0 Å². The number of aryl methyl sites for hydroxylation is 2. The molecule has 1 N–H and O–H groups in total. The summed E-state index contributed by atoms with van der Waals surface area (Å²) in [5.41, 5.74) is 2.24. The first-order valence-electron chi connectivity index (χ1n) is 5.78. The normalized spacial score (nSPS) is 13.2. The van der Waals surface area contributed by atoms with Gasteiger partial charge in [-0.2, -0.15) is 0 Å². The second-order valence-corrected chi connectivity index (χ2v) is 4.29. The van der Waals surface area contributed by atoms with Crippen molar-refractivity contribution in [2.75, 3.05) is 0 Å². The molecule has 0 saturated carbocycles. The average molecular weight is 218 g/mol. The molecule has 0 saturated heterocycles. The third-order valence-corrected chi connectivity index (χ3v) is 2.85. The number of rotatable bonds is 4. The van der Waals surface area contributed by atoms with Crippen LogP contribution in [0.15, 0.2) is 24.3 Å². The first-order chi connectivity index (χ1) is 7.68. The highest BCUT2D eigenvalue weighted by Crippen LogP contribution is 2.16. The summed E-state index contributed by atoms with van der Waals surface area (Å²) < 4.78 is 2.22. The molecule has 1 unspecified atom stereocenters. The second-order valence-electron chi connectivity index (χ2n) is 4.29. The van der Waals surface area contributed by atoms with Crippen molar-refractivity contribution < 1.29 is 5.11 Å². The van der Waals surface area contributed by atoms with E-state index < -0.39 is 0 Å². The van der Waals surface area contributed by atoms with Crippen LogP contribution in [0.1, 0.15) is 25.6 Å². The van der Waals surface area contributed by atoms with Crippen molar-refractivity contribution in [3.8, 4) is 0 Å². The van der Waals surface area contributed by atoms with E-state index in [0.717, 1.165) is 30.7 Å². The van der Waals surface area contributed by atoms with Gasteiger partial charge in [-0.3, -0.25) is 0 Å².